The van der Waals surface area contributed by atoms with Gasteiger partial charge in [-0.1, -0.05) is 30.8 Å². The third kappa shape index (κ3) is 2.79. The number of hydrogen-bond donors (Lipinski definition) is 0. The first-order valence-corrected chi connectivity index (χ1v) is 8.15. The second kappa shape index (κ2) is 5.65. The molecule has 1 amide bonds. The lowest BCUT2D eigenvalue weighted by molar-refractivity contribution is -0.149. The van der Waals surface area contributed by atoms with Crippen LogP contribution in [0.25, 0.3) is 0 Å². The van der Waals surface area contributed by atoms with Crippen LogP contribution in [0.5, 0.6) is 0 Å². The van der Waals surface area contributed by atoms with Crippen LogP contribution in [-0.4, -0.2) is 22.6 Å². The van der Waals surface area contributed by atoms with Gasteiger partial charge in [0.1, 0.15) is 11.7 Å². The molecule has 1 fully saturated rings. The summed E-state index contributed by atoms with van der Waals surface area (Å²) in [7, 11) is 0. The van der Waals surface area contributed by atoms with E-state index < -0.39 is 11.7 Å². The molecule has 0 bridgehead atoms. The van der Waals surface area contributed by atoms with E-state index in [-0.39, 0.29) is 24.0 Å². The molecule has 24 heavy (non-hydrogen) atoms. The van der Waals surface area contributed by atoms with Gasteiger partial charge in [-0.2, -0.15) is 0 Å². The Balaban J connectivity index is 1.98. The van der Waals surface area contributed by atoms with E-state index in [1.807, 2.05) is 45.0 Å². The Morgan fingerprint density at radius 1 is 1.21 bits per heavy atom. The fourth-order valence-electron chi connectivity index (χ4n) is 3.67. The highest BCUT2D eigenvalue weighted by atomic mass is 16.6. The quantitative estimate of drug-likeness (QED) is 0.727. The largest absolute Gasteiger partial charge is 0.457 e. The molecule has 0 radical (unpaired) electrons. The lowest BCUT2D eigenvalue weighted by atomic mass is 9.99. The SMILES string of the molecule is C=C1C[C@H]2[C@H](OC(C)=O)c3ccccc3[C@H]2N1C(=O)OC(C)(C)C. The molecule has 0 spiro atoms. The summed E-state index contributed by atoms with van der Waals surface area (Å²) >= 11 is 0. The third-order valence-electron chi connectivity index (χ3n) is 4.39. The zero-order valence-corrected chi connectivity index (χ0v) is 14.5. The normalized spacial score (nSPS) is 25.2. The fourth-order valence-corrected chi connectivity index (χ4v) is 3.67. The molecule has 1 heterocycles. The smallest absolute Gasteiger partial charge is 0.415 e. The lowest BCUT2D eigenvalue weighted by Gasteiger charge is -2.29. The minimum atomic E-state index is -0.580. The average molecular weight is 329 g/mol. The zero-order chi connectivity index (χ0) is 17.6. The summed E-state index contributed by atoms with van der Waals surface area (Å²) in [5.74, 6) is -0.344. The summed E-state index contributed by atoms with van der Waals surface area (Å²) in [6.45, 7) is 11.0. The van der Waals surface area contributed by atoms with Gasteiger partial charge < -0.3 is 9.47 Å². The maximum absolute atomic E-state index is 12.7. The minimum Gasteiger partial charge on any atom is -0.457 e. The van der Waals surface area contributed by atoms with Crippen molar-refractivity contribution < 1.29 is 19.1 Å². The van der Waals surface area contributed by atoms with Gasteiger partial charge in [0.15, 0.2) is 0 Å². The molecule has 1 aromatic rings. The number of benzene rings is 1. The van der Waals surface area contributed by atoms with Gasteiger partial charge in [-0.05, 0) is 38.3 Å². The molecule has 0 aromatic heterocycles. The number of rotatable bonds is 1. The molecule has 5 nitrogen and oxygen atoms in total. The third-order valence-corrected chi connectivity index (χ3v) is 4.39. The van der Waals surface area contributed by atoms with Crippen molar-refractivity contribution in [3.63, 3.8) is 0 Å². The molecule has 5 heteroatoms. The topological polar surface area (TPSA) is 55.8 Å². The number of esters is 1. The Bertz CT molecular complexity index is 704. The maximum Gasteiger partial charge on any atom is 0.415 e. The van der Waals surface area contributed by atoms with Crippen molar-refractivity contribution in [2.45, 2.75) is 51.9 Å². The van der Waals surface area contributed by atoms with Crippen LogP contribution in [0.4, 0.5) is 4.79 Å². The van der Waals surface area contributed by atoms with E-state index in [0.29, 0.717) is 12.1 Å². The van der Waals surface area contributed by atoms with Gasteiger partial charge in [0.25, 0.3) is 0 Å². The summed E-state index contributed by atoms with van der Waals surface area (Å²) in [6, 6.07) is 7.58. The molecule has 0 saturated carbocycles. The van der Waals surface area contributed by atoms with Crippen molar-refractivity contribution in [2.24, 2.45) is 5.92 Å². The van der Waals surface area contributed by atoms with Crippen LogP contribution in [0.1, 0.15) is 57.4 Å². The van der Waals surface area contributed by atoms with Gasteiger partial charge in [-0.15, -0.1) is 0 Å². The Hall–Kier alpha value is -2.30. The molecule has 128 valence electrons. The van der Waals surface area contributed by atoms with Crippen molar-refractivity contribution in [2.75, 3.05) is 0 Å². The van der Waals surface area contributed by atoms with Crippen LogP contribution in [-0.2, 0) is 14.3 Å². The second-order valence-corrected chi connectivity index (χ2v) is 7.39. The molecular weight excluding hydrogens is 306 g/mol. The minimum absolute atomic E-state index is 0.0219. The van der Waals surface area contributed by atoms with E-state index in [0.717, 1.165) is 11.1 Å². The first-order chi connectivity index (χ1) is 11.2. The number of allylic oxidation sites excluding steroid dienone is 1. The van der Waals surface area contributed by atoms with E-state index >= 15 is 0 Å². The molecule has 1 saturated heterocycles. The molecule has 0 unspecified atom stereocenters. The highest BCUT2D eigenvalue weighted by Crippen LogP contribution is 2.56. The van der Waals surface area contributed by atoms with Crippen molar-refractivity contribution in [1.82, 2.24) is 4.90 Å². The number of likely N-dealkylation sites (tertiary alicyclic amines) is 1. The number of carbonyl (C=O) groups is 2. The number of fused-ring (bicyclic) bond motifs is 3. The van der Waals surface area contributed by atoms with Crippen molar-refractivity contribution in [1.29, 1.82) is 0 Å². The van der Waals surface area contributed by atoms with E-state index in [9.17, 15) is 9.59 Å². The molecule has 2 aliphatic rings. The summed E-state index contributed by atoms with van der Waals surface area (Å²) in [6.07, 6.45) is -0.164. The van der Waals surface area contributed by atoms with Gasteiger partial charge in [0, 0.05) is 18.5 Å². The highest BCUT2D eigenvalue weighted by Gasteiger charge is 2.52. The lowest BCUT2D eigenvalue weighted by Crippen LogP contribution is -2.35. The molecule has 3 atom stereocenters. The Labute approximate surface area is 142 Å². The number of nitrogens with zero attached hydrogens (tertiary/aromatic N) is 1. The van der Waals surface area contributed by atoms with Crippen molar-refractivity contribution in [3.05, 3.63) is 47.7 Å². The number of hydrogen-bond acceptors (Lipinski definition) is 4. The van der Waals surface area contributed by atoms with Crippen LogP contribution in [0.3, 0.4) is 0 Å². The predicted octanol–water partition coefficient (Wildman–Crippen LogP) is 4.12. The standard InChI is InChI=1S/C19H23NO4/c1-11-10-15-16(20(11)18(22)24-19(3,4)5)13-8-6-7-9-14(13)17(15)23-12(2)21/h6-9,15-17H,1,10H2,2-5H3/t15-,16-,17-/m1/s1. The monoisotopic (exact) mass is 329 g/mol. The van der Waals surface area contributed by atoms with Crippen molar-refractivity contribution in [3.8, 4) is 0 Å². The molecule has 1 aliphatic carbocycles. The summed E-state index contributed by atoms with van der Waals surface area (Å²) in [5, 5.41) is 0. The van der Waals surface area contributed by atoms with E-state index in [1.165, 1.54) is 6.92 Å². The molecular formula is C19H23NO4. The van der Waals surface area contributed by atoms with Gasteiger partial charge in [-0.25, -0.2) is 4.79 Å². The first kappa shape index (κ1) is 16.6. The van der Waals surface area contributed by atoms with Gasteiger partial charge in [0.05, 0.1) is 6.04 Å². The van der Waals surface area contributed by atoms with Crippen molar-refractivity contribution >= 4 is 12.1 Å². The van der Waals surface area contributed by atoms with Crippen LogP contribution in [0, 0.1) is 5.92 Å². The maximum atomic E-state index is 12.7. The highest BCUT2D eigenvalue weighted by molar-refractivity contribution is 5.73. The summed E-state index contributed by atoms with van der Waals surface area (Å²) in [4.78, 5) is 25.8. The van der Waals surface area contributed by atoms with Crippen LogP contribution >= 0.6 is 0 Å². The van der Waals surface area contributed by atoms with E-state index in [4.69, 9.17) is 9.47 Å². The Morgan fingerprint density at radius 3 is 2.42 bits per heavy atom. The summed E-state index contributed by atoms with van der Waals surface area (Å²) < 4.78 is 11.1. The van der Waals surface area contributed by atoms with Crippen LogP contribution in [0.15, 0.2) is 36.5 Å². The van der Waals surface area contributed by atoms with Crippen LogP contribution in [0.2, 0.25) is 0 Å². The predicted molar refractivity (Wildman–Crippen MR) is 89.0 cm³/mol. The zero-order valence-electron chi connectivity index (χ0n) is 14.5. The first-order valence-electron chi connectivity index (χ1n) is 8.15. The number of ether oxygens (including phenoxy) is 2. The van der Waals surface area contributed by atoms with E-state index in [2.05, 4.69) is 6.58 Å². The van der Waals surface area contributed by atoms with E-state index in [1.54, 1.807) is 4.90 Å². The molecule has 1 aliphatic heterocycles. The molecule has 1 aromatic carbocycles. The number of amides is 1. The summed E-state index contributed by atoms with van der Waals surface area (Å²) in [5.41, 5.74) is 2.08. The molecule has 0 N–H and O–H groups in total. The second-order valence-electron chi connectivity index (χ2n) is 7.39. The van der Waals surface area contributed by atoms with Gasteiger partial charge >= 0.3 is 12.1 Å². The Kier molecular flexibility index (Phi) is 3.90. The molecule has 3 rings (SSSR count). The average Bonchev–Trinajstić information content (AvgIpc) is 2.92. The van der Waals surface area contributed by atoms with Gasteiger partial charge in [0.2, 0.25) is 0 Å². The van der Waals surface area contributed by atoms with Crippen LogP contribution < -0.4 is 0 Å². The Morgan fingerprint density at radius 2 is 1.83 bits per heavy atom. The van der Waals surface area contributed by atoms with Gasteiger partial charge in [-0.3, -0.25) is 9.69 Å². The fraction of sp³-hybridized carbons (Fsp3) is 0.474. The number of carbonyl (C=O) groups excluding carboxylic acids is 2.